The molecule has 0 aliphatic carbocycles. The van der Waals surface area contributed by atoms with Crippen molar-refractivity contribution in [2.24, 2.45) is 0 Å². The van der Waals surface area contributed by atoms with Crippen molar-refractivity contribution >= 4 is 28.6 Å². The van der Waals surface area contributed by atoms with Gasteiger partial charge in [0.25, 0.3) is 6.43 Å². The van der Waals surface area contributed by atoms with Crippen molar-refractivity contribution in [1.29, 1.82) is 0 Å². The lowest BCUT2D eigenvalue weighted by atomic mass is 10.1. The smallest absolute Gasteiger partial charge is 0.469 e. The van der Waals surface area contributed by atoms with E-state index in [4.69, 9.17) is 0 Å². The van der Waals surface area contributed by atoms with Crippen molar-refractivity contribution in [1.82, 2.24) is 4.98 Å². The highest BCUT2D eigenvalue weighted by Crippen LogP contribution is 2.36. The second kappa shape index (κ2) is 6.50. The summed E-state index contributed by atoms with van der Waals surface area (Å²) in [6.45, 7) is 0. The lowest BCUT2D eigenvalue weighted by molar-refractivity contribution is -0.275. The van der Waals surface area contributed by atoms with Gasteiger partial charge in [-0.15, -0.1) is 13.2 Å². The van der Waals surface area contributed by atoms with Crippen molar-refractivity contribution in [2.75, 3.05) is 7.11 Å². The van der Waals surface area contributed by atoms with E-state index in [1.54, 1.807) is 22.6 Å². The zero-order chi connectivity index (χ0) is 15.5. The van der Waals surface area contributed by atoms with Crippen LogP contribution in [0.15, 0.2) is 6.20 Å². The number of ether oxygens (including phenoxy) is 2. The quantitative estimate of drug-likeness (QED) is 0.434. The fourth-order valence-corrected chi connectivity index (χ4v) is 1.87. The SMILES string of the molecule is COC(=O)Cc1c(I)cnc(C(F)F)c1OC(F)(F)F. The average Bonchev–Trinajstić information content (AvgIpc) is 2.31. The molecule has 0 saturated heterocycles. The van der Waals surface area contributed by atoms with Crippen LogP contribution in [0.3, 0.4) is 0 Å². The average molecular weight is 411 g/mol. The predicted octanol–water partition coefficient (Wildman–Crippen LogP) is 3.24. The van der Waals surface area contributed by atoms with Crippen molar-refractivity contribution in [3.8, 4) is 5.75 Å². The molecule has 0 fully saturated rings. The van der Waals surface area contributed by atoms with E-state index in [0.29, 0.717) is 0 Å². The highest BCUT2D eigenvalue weighted by atomic mass is 127. The molecule has 0 bridgehead atoms. The van der Waals surface area contributed by atoms with E-state index >= 15 is 0 Å². The number of aromatic nitrogens is 1. The Morgan fingerprint density at radius 2 is 2.05 bits per heavy atom. The van der Waals surface area contributed by atoms with E-state index in [0.717, 1.165) is 13.3 Å². The van der Waals surface area contributed by atoms with Gasteiger partial charge >= 0.3 is 12.3 Å². The Morgan fingerprint density at radius 3 is 2.50 bits per heavy atom. The molecule has 0 aliphatic heterocycles. The first kappa shape index (κ1) is 16.9. The third kappa shape index (κ3) is 4.42. The van der Waals surface area contributed by atoms with Crippen LogP contribution >= 0.6 is 22.6 Å². The molecule has 0 atom stereocenters. The van der Waals surface area contributed by atoms with E-state index in [1.807, 2.05) is 0 Å². The third-order valence-corrected chi connectivity index (χ3v) is 3.01. The molecule has 1 aromatic heterocycles. The van der Waals surface area contributed by atoms with Crippen molar-refractivity contribution in [2.45, 2.75) is 19.2 Å². The highest BCUT2D eigenvalue weighted by molar-refractivity contribution is 14.1. The molecule has 112 valence electrons. The van der Waals surface area contributed by atoms with Gasteiger partial charge < -0.3 is 9.47 Å². The summed E-state index contributed by atoms with van der Waals surface area (Å²) in [6, 6.07) is 0. The third-order valence-electron chi connectivity index (χ3n) is 2.09. The zero-order valence-electron chi connectivity index (χ0n) is 9.80. The maximum absolute atomic E-state index is 12.7. The Kier molecular flexibility index (Phi) is 5.48. The van der Waals surface area contributed by atoms with Gasteiger partial charge in [0.15, 0.2) is 5.75 Å². The van der Waals surface area contributed by atoms with Gasteiger partial charge in [0, 0.05) is 15.3 Å². The molecular weight excluding hydrogens is 404 g/mol. The monoisotopic (exact) mass is 411 g/mol. The van der Waals surface area contributed by atoms with E-state index in [-0.39, 0.29) is 9.13 Å². The Bertz CT molecular complexity index is 506. The number of hydrogen-bond acceptors (Lipinski definition) is 4. The first-order chi connectivity index (χ1) is 9.15. The van der Waals surface area contributed by atoms with E-state index in [1.165, 1.54) is 0 Å². The van der Waals surface area contributed by atoms with Gasteiger partial charge in [-0.25, -0.2) is 8.78 Å². The Hall–Kier alpha value is -1.20. The molecule has 4 nitrogen and oxygen atoms in total. The van der Waals surface area contributed by atoms with Gasteiger partial charge in [-0.2, -0.15) is 0 Å². The maximum Gasteiger partial charge on any atom is 0.573 e. The minimum atomic E-state index is -5.18. The number of pyridine rings is 1. The van der Waals surface area contributed by atoms with Crippen LogP contribution in [-0.4, -0.2) is 24.4 Å². The van der Waals surface area contributed by atoms with Gasteiger partial charge in [0.05, 0.1) is 13.5 Å². The Morgan fingerprint density at radius 1 is 1.45 bits per heavy atom. The molecular formula is C10H7F5INO3. The number of rotatable bonds is 4. The molecule has 0 amide bonds. The van der Waals surface area contributed by atoms with Gasteiger partial charge in [-0.1, -0.05) is 0 Å². The molecule has 20 heavy (non-hydrogen) atoms. The molecule has 0 unspecified atom stereocenters. The standard InChI is InChI=1S/C10H7F5INO3/c1-19-6(18)2-4-5(16)3-17-7(9(11)12)8(4)20-10(13,14)15/h3,9H,2H2,1H3. The number of alkyl halides is 5. The molecule has 0 saturated carbocycles. The summed E-state index contributed by atoms with van der Waals surface area (Å²) in [5.41, 5.74) is -1.53. The highest BCUT2D eigenvalue weighted by Gasteiger charge is 2.36. The van der Waals surface area contributed by atoms with Crippen LogP contribution in [0.25, 0.3) is 0 Å². The lowest BCUT2D eigenvalue weighted by Gasteiger charge is -2.16. The van der Waals surface area contributed by atoms with Crippen LogP contribution in [0, 0.1) is 3.57 Å². The summed E-state index contributed by atoms with van der Waals surface area (Å²) in [4.78, 5) is 14.4. The van der Waals surface area contributed by atoms with Crippen LogP contribution in [0.4, 0.5) is 22.0 Å². The fraction of sp³-hybridized carbons (Fsp3) is 0.400. The molecule has 1 rings (SSSR count). The molecule has 1 aromatic rings. The summed E-state index contributed by atoms with van der Waals surface area (Å²) >= 11 is 1.56. The molecule has 10 heteroatoms. The molecule has 0 aromatic carbocycles. The Balaban J connectivity index is 3.37. The van der Waals surface area contributed by atoms with Crippen LogP contribution < -0.4 is 4.74 Å². The lowest BCUT2D eigenvalue weighted by Crippen LogP contribution is -2.21. The minimum Gasteiger partial charge on any atom is -0.469 e. The fourth-order valence-electron chi connectivity index (χ4n) is 1.29. The number of halogens is 6. The number of nitrogens with zero attached hydrogens (tertiary/aromatic N) is 1. The van der Waals surface area contributed by atoms with Crippen molar-refractivity contribution in [3.63, 3.8) is 0 Å². The summed E-state index contributed by atoms with van der Waals surface area (Å²) in [5.74, 6) is -2.05. The van der Waals surface area contributed by atoms with Gasteiger partial charge in [-0.05, 0) is 22.6 Å². The normalized spacial score (nSPS) is 11.6. The molecule has 0 radical (unpaired) electrons. The molecule has 0 spiro atoms. The topological polar surface area (TPSA) is 48.4 Å². The van der Waals surface area contributed by atoms with Crippen LogP contribution in [-0.2, 0) is 16.0 Å². The number of carbonyl (C=O) groups is 1. The Labute approximate surface area is 123 Å². The summed E-state index contributed by atoms with van der Waals surface area (Å²) < 4.78 is 70.3. The maximum atomic E-state index is 12.7. The predicted molar refractivity (Wildman–Crippen MR) is 64.3 cm³/mol. The van der Waals surface area contributed by atoms with Crippen molar-refractivity contribution in [3.05, 3.63) is 21.0 Å². The number of carbonyl (C=O) groups excluding carboxylic acids is 1. The zero-order valence-corrected chi connectivity index (χ0v) is 12.0. The van der Waals surface area contributed by atoms with E-state index < -0.39 is 36.6 Å². The number of methoxy groups -OCH3 is 1. The van der Waals surface area contributed by atoms with E-state index in [2.05, 4.69) is 14.5 Å². The van der Waals surface area contributed by atoms with Crippen LogP contribution in [0.2, 0.25) is 0 Å². The van der Waals surface area contributed by atoms with Crippen molar-refractivity contribution < 1.29 is 36.2 Å². The minimum absolute atomic E-state index is 0.0802. The second-order valence-electron chi connectivity index (χ2n) is 3.40. The first-order valence-electron chi connectivity index (χ1n) is 4.93. The summed E-state index contributed by atoms with van der Waals surface area (Å²) in [6.07, 6.45) is -8.16. The largest absolute Gasteiger partial charge is 0.573 e. The number of esters is 1. The summed E-state index contributed by atoms with van der Waals surface area (Å²) in [7, 11) is 1.02. The molecule has 1 heterocycles. The molecule has 0 aliphatic rings. The molecule has 0 N–H and O–H groups in total. The van der Waals surface area contributed by atoms with Crippen LogP contribution in [0.1, 0.15) is 17.7 Å². The second-order valence-corrected chi connectivity index (χ2v) is 4.56. The number of hydrogen-bond donors (Lipinski definition) is 0. The summed E-state index contributed by atoms with van der Waals surface area (Å²) in [5, 5.41) is 0. The van der Waals surface area contributed by atoms with Crippen LogP contribution in [0.5, 0.6) is 5.75 Å². The van der Waals surface area contributed by atoms with Gasteiger partial charge in [0.1, 0.15) is 5.69 Å². The van der Waals surface area contributed by atoms with E-state index in [9.17, 15) is 26.7 Å². The first-order valence-corrected chi connectivity index (χ1v) is 6.01. The van der Waals surface area contributed by atoms with Gasteiger partial charge in [-0.3, -0.25) is 9.78 Å². The van der Waals surface area contributed by atoms with Gasteiger partial charge in [0.2, 0.25) is 0 Å².